The fourth-order valence-electron chi connectivity index (χ4n) is 2.09. The summed E-state index contributed by atoms with van der Waals surface area (Å²) in [5.41, 5.74) is 0. The van der Waals surface area contributed by atoms with Gasteiger partial charge in [0.1, 0.15) is 0 Å². The zero-order chi connectivity index (χ0) is 14.0. The summed E-state index contributed by atoms with van der Waals surface area (Å²) < 4.78 is 0. The fraction of sp³-hybridized carbons (Fsp3) is 0.778. The Hall–Kier alpha value is -0.0400. The van der Waals surface area contributed by atoms with Crippen molar-refractivity contribution in [3.63, 3.8) is 0 Å². The summed E-state index contributed by atoms with van der Waals surface area (Å²) in [6.45, 7) is 2.24. The van der Waals surface area contributed by atoms with Crippen LogP contribution in [-0.2, 0) is 0 Å². The Bertz CT molecular complexity index is 206. The van der Waals surface area contributed by atoms with Gasteiger partial charge in [0.15, 0.2) is 0 Å². The van der Waals surface area contributed by atoms with Crippen LogP contribution in [0.4, 0.5) is 0 Å². The first kappa shape index (κ1) is 19.0. The van der Waals surface area contributed by atoms with Gasteiger partial charge in [-0.15, -0.1) is 0 Å². The Balaban J connectivity index is 3.09. The van der Waals surface area contributed by atoms with Crippen LogP contribution in [0.25, 0.3) is 0 Å². The number of rotatable bonds is 14. The van der Waals surface area contributed by atoms with Crippen LogP contribution in [0.2, 0.25) is 0 Å². The Kier molecular flexibility index (Phi) is 17.9. The Morgan fingerprint density at radius 1 is 0.632 bits per heavy atom. The molecule has 0 fully saturated rings. The molecule has 0 aliphatic carbocycles. The van der Waals surface area contributed by atoms with Crippen LogP contribution in [0, 0.1) is 0 Å². The highest BCUT2D eigenvalue weighted by molar-refractivity contribution is 9.09. The Morgan fingerprint density at radius 2 is 1.11 bits per heavy atom. The minimum atomic E-state index is 1.17. The lowest BCUT2D eigenvalue weighted by Crippen LogP contribution is -1.81. The third kappa shape index (κ3) is 18.0. The minimum absolute atomic E-state index is 1.17. The summed E-state index contributed by atoms with van der Waals surface area (Å²) in [6, 6.07) is 0. The first-order valence-electron chi connectivity index (χ1n) is 8.29. The molecule has 0 unspecified atom stereocenters. The van der Waals surface area contributed by atoms with Crippen molar-refractivity contribution in [2.24, 2.45) is 0 Å². The molecule has 0 aliphatic heterocycles. The molecule has 0 bridgehead atoms. The van der Waals surface area contributed by atoms with E-state index >= 15 is 0 Å². The summed E-state index contributed by atoms with van der Waals surface area (Å²) in [6.07, 6.45) is 25.4. The molecule has 0 saturated carbocycles. The van der Waals surface area contributed by atoms with Gasteiger partial charge in [-0.05, 0) is 25.7 Å². The van der Waals surface area contributed by atoms with Gasteiger partial charge < -0.3 is 0 Å². The molecule has 0 atom stereocenters. The second-order valence-electron chi connectivity index (χ2n) is 5.30. The number of unbranched alkanes of at least 4 members (excludes halogenated alkanes) is 10. The molecular weight excluding hydrogens is 296 g/mol. The van der Waals surface area contributed by atoms with E-state index in [1.54, 1.807) is 0 Å². The third-order valence-electron chi connectivity index (χ3n) is 3.36. The highest BCUT2D eigenvalue weighted by Gasteiger charge is 1.91. The maximum atomic E-state index is 3.48. The van der Waals surface area contributed by atoms with Crippen molar-refractivity contribution in [2.45, 2.75) is 84.0 Å². The average Bonchev–Trinajstić information content (AvgIpc) is 2.43. The van der Waals surface area contributed by atoms with E-state index in [-0.39, 0.29) is 0 Å². The molecule has 0 aromatic rings. The molecule has 112 valence electrons. The maximum absolute atomic E-state index is 3.48. The summed E-state index contributed by atoms with van der Waals surface area (Å²) in [5.74, 6) is 0. The zero-order valence-corrected chi connectivity index (χ0v) is 14.5. The van der Waals surface area contributed by atoms with Crippen LogP contribution in [0.3, 0.4) is 0 Å². The molecule has 19 heavy (non-hydrogen) atoms. The second kappa shape index (κ2) is 18.0. The smallest absolute Gasteiger partial charge is 0.00313 e. The lowest BCUT2D eigenvalue weighted by Gasteiger charge is -2.00. The normalized spacial score (nSPS) is 11.9. The first-order valence-corrected chi connectivity index (χ1v) is 9.41. The van der Waals surface area contributed by atoms with Crippen LogP contribution in [-0.4, -0.2) is 5.33 Å². The molecule has 0 aliphatic rings. The van der Waals surface area contributed by atoms with E-state index in [1.807, 2.05) is 0 Å². The zero-order valence-electron chi connectivity index (χ0n) is 12.9. The molecule has 0 rings (SSSR count). The van der Waals surface area contributed by atoms with Crippen molar-refractivity contribution in [2.75, 3.05) is 5.33 Å². The van der Waals surface area contributed by atoms with Crippen molar-refractivity contribution < 1.29 is 0 Å². The summed E-state index contributed by atoms with van der Waals surface area (Å²) >= 11 is 3.48. The number of halogens is 1. The molecule has 1 heteroatoms. The lowest BCUT2D eigenvalue weighted by molar-refractivity contribution is 0.579. The van der Waals surface area contributed by atoms with Gasteiger partial charge in [0.2, 0.25) is 0 Å². The van der Waals surface area contributed by atoms with Gasteiger partial charge in [0, 0.05) is 5.33 Å². The second-order valence-corrected chi connectivity index (χ2v) is 6.10. The van der Waals surface area contributed by atoms with Gasteiger partial charge in [-0.1, -0.05) is 98.5 Å². The van der Waals surface area contributed by atoms with Crippen molar-refractivity contribution in [1.29, 1.82) is 0 Å². The predicted molar refractivity (Wildman–Crippen MR) is 93.2 cm³/mol. The van der Waals surface area contributed by atoms with Gasteiger partial charge in [0.25, 0.3) is 0 Å². The lowest BCUT2D eigenvalue weighted by atomic mass is 10.1. The van der Waals surface area contributed by atoms with E-state index in [0.717, 1.165) is 0 Å². The Labute approximate surface area is 129 Å². The van der Waals surface area contributed by atoms with Gasteiger partial charge in [-0.3, -0.25) is 0 Å². The number of hydrogen-bond donors (Lipinski definition) is 0. The SMILES string of the molecule is CCCC/C=C/C=C/CCCCCCCCCCBr. The summed E-state index contributed by atoms with van der Waals surface area (Å²) in [7, 11) is 0. The molecule has 0 nitrogen and oxygen atoms in total. The van der Waals surface area contributed by atoms with E-state index in [1.165, 1.54) is 82.4 Å². The number of hydrogen-bond acceptors (Lipinski definition) is 0. The highest BCUT2D eigenvalue weighted by Crippen LogP contribution is 2.10. The molecule has 0 heterocycles. The molecular formula is C18H33Br. The molecule has 0 N–H and O–H groups in total. The van der Waals surface area contributed by atoms with Gasteiger partial charge >= 0.3 is 0 Å². The van der Waals surface area contributed by atoms with Crippen LogP contribution in [0.5, 0.6) is 0 Å². The van der Waals surface area contributed by atoms with Crippen molar-refractivity contribution >= 4 is 15.9 Å². The van der Waals surface area contributed by atoms with Crippen molar-refractivity contribution in [1.82, 2.24) is 0 Å². The average molecular weight is 329 g/mol. The molecule has 0 amide bonds. The number of allylic oxidation sites excluding steroid dienone is 4. The standard InChI is InChI=1S/C18H33Br/c1-2-3-4-5-6-7-8-9-10-11-12-13-14-15-16-17-18-19/h5-8H,2-4,9-18H2,1H3/b6-5+,8-7+. The van der Waals surface area contributed by atoms with Gasteiger partial charge in [-0.25, -0.2) is 0 Å². The van der Waals surface area contributed by atoms with Crippen LogP contribution < -0.4 is 0 Å². The van der Waals surface area contributed by atoms with Crippen LogP contribution in [0.1, 0.15) is 84.0 Å². The van der Waals surface area contributed by atoms with Crippen molar-refractivity contribution in [3.05, 3.63) is 24.3 Å². The summed E-state index contributed by atoms with van der Waals surface area (Å²) in [4.78, 5) is 0. The van der Waals surface area contributed by atoms with E-state index in [2.05, 4.69) is 47.2 Å². The monoisotopic (exact) mass is 328 g/mol. The highest BCUT2D eigenvalue weighted by atomic mass is 79.9. The van der Waals surface area contributed by atoms with E-state index in [4.69, 9.17) is 0 Å². The number of alkyl halides is 1. The largest absolute Gasteiger partial charge is 0.0928 e. The van der Waals surface area contributed by atoms with Crippen LogP contribution in [0.15, 0.2) is 24.3 Å². The quantitative estimate of drug-likeness (QED) is 0.180. The first-order chi connectivity index (χ1) is 9.41. The topological polar surface area (TPSA) is 0 Å². The van der Waals surface area contributed by atoms with E-state index < -0.39 is 0 Å². The van der Waals surface area contributed by atoms with Crippen molar-refractivity contribution in [3.8, 4) is 0 Å². The van der Waals surface area contributed by atoms with Crippen LogP contribution >= 0.6 is 15.9 Å². The Morgan fingerprint density at radius 3 is 1.63 bits per heavy atom. The third-order valence-corrected chi connectivity index (χ3v) is 3.92. The fourth-order valence-corrected chi connectivity index (χ4v) is 2.49. The predicted octanol–water partition coefficient (Wildman–Crippen LogP) is 7.19. The van der Waals surface area contributed by atoms with E-state index in [0.29, 0.717) is 0 Å². The van der Waals surface area contributed by atoms with Gasteiger partial charge in [0.05, 0.1) is 0 Å². The molecule has 0 radical (unpaired) electrons. The molecule has 0 spiro atoms. The van der Waals surface area contributed by atoms with Gasteiger partial charge in [-0.2, -0.15) is 0 Å². The molecule has 0 saturated heterocycles. The maximum Gasteiger partial charge on any atom is 0.00313 e. The summed E-state index contributed by atoms with van der Waals surface area (Å²) in [5, 5.41) is 1.17. The van der Waals surface area contributed by atoms with E-state index in [9.17, 15) is 0 Å². The molecule has 0 aromatic carbocycles. The molecule has 0 aromatic heterocycles. The minimum Gasteiger partial charge on any atom is -0.0928 e.